The number of aryl methyl sites for hydroxylation is 1. The lowest BCUT2D eigenvalue weighted by atomic mass is 10.2. The fourth-order valence-electron chi connectivity index (χ4n) is 2.02. The van der Waals surface area contributed by atoms with Crippen LogP contribution in [-0.2, 0) is 11.3 Å². The number of rotatable bonds is 7. The van der Waals surface area contributed by atoms with Crippen LogP contribution in [0, 0.1) is 6.92 Å². The summed E-state index contributed by atoms with van der Waals surface area (Å²) in [4.78, 5) is 25.1. The molecule has 2 rings (SSSR count). The fraction of sp³-hybridized carbons (Fsp3) is 0.294. The Bertz CT molecular complexity index is 682. The van der Waals surface area contributed by atoms with E-state index in [0.717, 1.165) is 10.4 Å². The molecule has 1 aromatic carbocycles. The van der Waals surface area contributed by atoms with Crippen LogP contribution >= 0.6 is 11.3 Å². The first-order valence-electron chi connectivity index (χ1n) is 7.41. The largest absolute Gasteiger partial charge is 0.493 e. The van der Waals surface area contributed by atoms with Gasteiger partial charge in [-0.25, -0.2) is 0 Å². The average molecular weight is 332 g/mol. The van der Waals surface area contributed by atoms with Gasteiger partial charge in [-0.05, 0) is 43.0 Å². The number of nitrogens with one attached hydrogen (secondary N) is 2. The van der Waals surface area contributed by atoms with E-state index < -0.39 is 0 Å². The standard InChI is InChI=1S/C17H20N2O3S/c1-3-22-14-7-5-4-6-13(14)17(21)19-11-16(20)18-10-15-12(2)8-9-23-15/h4-9H,3,10-11H2,1-2H3,(H,18,20)(H,19,21). The predicted molar refractivity (Wildman–Crippen MR) is 90.8 cm³/mol. The summed E-state index contributed by atoms with van der Waals surface area (Å²) in [6.07, 6.45) is 0. The molecule has 0 spiro atoms. The highest BCUT2D eigenvalue weighted by Crippen LogP contribution is 2.17. The van der Waals surface area contributed by atoms with Crippen LogP contribution in [0.5, 0.6) is 5.75 Å². The zero-order valence-electron chi connectivity index (χ0n) is 13.2. The number of hydrogen-bond donors (Lipinski definition) is 2. The maximum absolute atomic E-state index is 12.2. The summed E-state index contributed by atoms with van der Waals surface area (Å²) in [6, 6.07) is 8.98. The number of carbonyl (C=O) groups excluding carboxylic acids is 2. The van der Waals surface area contributed by atoms with Crippen molar-refractivity contribution in [1.82, 2.24) is 10.6 Å². The first-order chi connectivity index (χ1) is 11.1. The molecule has 5 nitrogen and oxygen atoms in total. The number of carbonyl (C=O) groups is 2. The molecule has 0 saturated carbocycles. The van der Waals surface area contributed by atoms with Crippen molar-refractivity contribution in [2.45, 2.75) is 20.4 Å². The van der Waals surface area contributed by atoms with Crippen molar-refractivity contribution < 1.29 is 14.3 Å². The Kier molecular flexibility index (Phi) is 6.17. The third-order valence-electron chi connectivity index (χ3n) is 3.26. The van der Waals surface area contributed by atoms with Crippen molar-refractivity contribution in [2.75, 3.05) is 13.2 Å². The van der Waals surface area contributed by atoms with Crippen LogP contribution in [0.1, 0.15) is 27.7 Å². The van der Waals surface area contributed by atoms with Gasteiger partial charge in [-0.2, -0.15) is 0 Å². The van der Waals surface area contributed by atoms with Crippen molar-refractivity contribution in [1.29, 1.82) is 0 Å². The highest BCUT2D eigenvalue weighted by molar-refractivity contribution is 7.10. The van der Waals surface area contributed by atoms with Crippen molar-refractivity contribution >= 4 is 23.2 Å². The number of thiophene rings is 1. The van der Waals surface area contributed by atoms with E-state index in [-0.39, 0.29) is 18.4 Å². The Balaban J connectivity index is 1.84. The first kappa shape index (κ1) is 17.0. The van der Waals surface area contributed by atoms with Crippen LogP contribution in [0.3, 0.4) is 0 Å². The lowest BCUT2D eigenvalue weighted by Gasteiger charge is -2.10. The van der Waals surface area contributed by atoms with Crippen LogP contribution in [0.25, 0.3) is 0 Å². The number of para-hydroxylation sites is 1. The monoisotopic (exact) mass is 332 g/mol. The zero-order chi connectivity index (χ0) is 16.7. The molecule has 0 atom stereocenters. The number of amides is 2. The number of hydrogen-bond acceptors (Lipinski definition) is 4. The molecule has 0 aliphatic carbocycles. The molecule has 122 valence electrons. The fourth-order valence-corrected chi connectivity index (χ4v) is 2.86. The molecular formula is C17H20N2O3S. The lowest BCUT2D eigenvalue weighted by molar-refractivity contribution is -0.120. The second-order valence-electron chi connectivity index (χ2n) is 4.92. The smallest absolute Gasteiger partial charge is 0.255 e. The quantitative estimate of drug-likeness (QED) is 0.818. The van der Waals surface area contributed by atoms with Crippen molar-refractivity contribution in [2.24, 2.45) is 0 Å². The third kappa shape index (κ3) is 4.82. The molecule has 2 aromatic rings. The summed E-state index contributed by atoms with van der Waals surface area (Å²) >= 11 is 1.60. The van der Waals surface area contributed by atoms with Gasteiger partial charge in [0.05, 0.1) is 25.3 Å². The SMILES string of the molecule is CCOc1ccccc1C(=O)NCC(=O)NCc1sccc1C. The van der Waals surface area contributed by atoms with Gasteiger partial charge in [-0.15, -0.1) is 11.3 Å². The molecule has 0 unspecified atom stereocenters. The first-order valence-corrected chi connectivity index (χ1v) is 8.29. The third-order valence-corrected chi connectivity index (χ3v) is 4.28. The normalized spacial score (nSPS) is 10.2. The Hall–Kier alpha value is -2.34. The van der Waals surface area contributed by atoms with Gasteiger partial charge in [0, 0.05) is 4.88 Å². The van der Waals surface area contributed by atoms with E-state index in [9.17, 15) is 9.59 Å². The van der Waals surface area contributed by atoms with Gasteiger partial charge in [0.15, 0.2) is 0 Å². The van der Waals surface area contributed by atoms with E-state index in [1.54, 1.807) is 35.6 Å². The maximum Gasteiger partial charge on any atom is 0.255 e. The molecule has 2 amide bonds. The van der Waals surface area contributed by atoms with E-state index in [1.807, 2.05) is 25.3 Å². The summed E-state index contributed by atoms with van der Waals surface area (Å²) < 4.78 is 5.41. The van der Waals surface area contributed by atoms with Crippen molar-refractivity contribution in [3.05, 3.63) is 51.7 Å². The lowest BCUT2D eigenvalue weighted by Crippen LogP contribution is -2.36. The minimum atomic E-state index is -0.323. The second kappa shape index (κ2) is 8.33. The number of benzene rings is 1. The Morgan fingerprint density at radius 2 is 1.96 bits per heavy atom. The summed E-state index contributed by atoms with van der Waals surface area (Å²) in [6.45, 7) is 4.75. The Labute approximate surface area is 139 Å². The van der Waals surface area contributed by atoms with E-state index in [1.165, 1.54) is 0 Å². The van der Waals surface area contributed by atoms with Gasteiger partial charge in [0.1, 0.15) is 5.75 Å². The minimum Gasteiger partial charge on any atom is -0.493 e. The van der Waals surface area contributed by atoms with Crippen LogP contribution in [-0.4, -0.2) is 25.0 Å². The van der Waals surface area contributed by atoms with Gasteiger partial charge in [-0.1, -0.05) is 12.1 Å². The summed E-state index contributed by atoms with van der Waals surface area (Å²) in [5.41, 5.74) is 1.58. The summed E-state index contributed by atoms with van der Waals surface area (Å²) in [5.74, 6) is -0.0290. The van der Waals surface area contributed by atoms with Gasteiger partial charge in [0.25, 0.3) is 5.91 Å². The van der Waals surface area contributed by atoms with Gasteiger partial charge >= 0.3 is 0 Å². The van der Waals surface area contributed by atoms with Crippen LogP contribution in [0.2, 0.25) is 0 Å². The molecular weight excluding hydrogens is 312 g/mol. The molecule has 1 heterocycles. The molecule has 23 heavy (non-hydrogen) atoms. The predicted octanol–water partition coefficient (Wildman–Crippen LogP) is 2.50. The molecule has 0 fully saturated rings. The maximum atomic E-state index is 12.2. The minimum absolute atomic E-state index is 0.0658. The summed E-state index contributed by atoms with van der Waals surface area (Å²) in [5, 5.41) is 7.40. The van der Waals surface area contributed by atoms with Crippen LogP contribution < -0.4 is 15.4 Å². The van der Waals surface area contributed by atoms with Crippen molar-refractivity contribution in [3.63, 3.8) is 0 Å². The van der Waals surface area contributed by atoms with Crippen LogP contribution in [0.15, 0.2) is 35.7 Å². The number of ether oxygens (including phenoxy) is 1. The topological polar surface area (TPSA) is 67.4 Å². The molecule has 0 aliphatic rings. The van der Waals surface area contributed by atoms with E-state index in [4.69, 9.17) is 4.74 Å². The highest BCUT2D eigenvalue weighted by atomic mass is 32.1. The van der Waals surface area contributed by atoms with Gasteiger partial charge < -0.3 is 15.4 Å². The Morgan fingerprint density at radius 3 is 2.65 bits per heavy atom. The average Bonchev–Trinajstić information content (AvgIpc) is 2.96. The molecule has 1 aromatic heterocycles. The highest BCUT2D eigenvalue weighted by Gasteiger charge is 2.13. The molecule has 6 heteroatoms. The molecule has 0 radical (unpaired) electrons. The molecule has 0 saturated heterocycles. The van der Waals surface area contributed by atoms with Crippen LogP contribution in [0.4, 0.5) is 0 Å². The van der Waals surface area contributed by atoms with E-state index >= 15 is 0 Å². The van der Waals surface area contributed by atoms with Gasteiger partial charge in [0.2, 0.25) is 5.91 Å². The van der Waals surface area contributed by atoms with Gasteiger partial charge in [-0.3, -0.25) is 9.59 Å². The molecule has 0 aliphatic heterocycles. The van der Waals surface area contributed by atoms with E-state index in [0.29, 0.717) is 24.5 Å². The Morgan fingerprint density at radius 1 is 1.17 bits per heavy atom. The zero-order valence-corrected chi connectivity index (χ0v) is 14.0. The molecule has 0 bridgehead atoms. The van der Waals surface area contributed by atoms with Crippen molar-refractivity contribution in [3.8, 4) is 5.75 Å². The second-order valence-corrected chi connectivity index (χ2v) is 5.92. The van der Waals surface area contributed by atoms with E-state index in [2.05, 4.69) is 10.6 Å². The molecule has 2 N–H and O–H groups in total. The summed E-state index contributed by atoms with van der Waals surface area (Å²) in [7, 11) is 0.